The van der Waals surface area contributed by atoms with Gasteiger partial charge in [0.05, 0.1) is 10.5 Å². The number of non-ortho nitro benzene ring substituents is 1. The predicted octanol–water partition coefficient (Wildman–Crippen LogP) is 5.23. The number of nitro groups is 1. The van der Waals surface area contributed by atoms with Crippen molar-refractivity contribution in [1.82, 2.24) is 5.32 Å². The molecule has 0 aliphatic heterocycles. The van der Waals surface area contributed by atoms with Crippen LogP contribution in [0.25, 0.3) is 0 Å². The number of nitriles is 1. The van der Waals surface area contributed by atoms with Gasteiger partial charge in [0.25, 0.3) is 5.69 Å². The van der Waals surface area contributed by atoms with E-state index in [1.165, 1.54) is 24.3 Å². The van der Waals surface area contributed by atoms with E-state index in [0.29, 0.717) is 21.5 Å². The van der Waals surface area contributed by atoms with E-state index in [0.717, 1.165) is 0 Å². The molecule has 31 heavy (non-hydrogen) atoms. The van der Waals surface area contributed by atoms with Crippen molar-refractivity contribution in [2.75, 3.05) is 5.32 Å². The number of hydrogen-bond acceptors (Lipinski definition) is 5. The third-order valence-corrected chi connectivity index (χ3v) is 6.42. The van der Waals surface area contributed by atoms with E-state index in [1.807, 2.05) is 27.7 Å². The van der Waals surface area contributed by atoms with E-state index < -0.39 is 4.92 Å². The molecule has 2 amide bonds. The van der Waals surface area contributed by atoms with E-state index in [-0.39, 0.29) is 34.7 Å². The van der Waals surface area contributed by atoms with Gasteiger partial charge in [-0.15, -0.1) is 0 Å². The Bertz CT molecular complexity index is 1040. The van der Waals surface area contributed by atoms with Crippen LogP contribution in [0.2, 0.25) is 0 Å². The zero-order valence-electron chi connectivity index (χ0n) is 17.6. The molecule has 3 rings (SSSR count). The molecule has 1 fully saturated rings. The molecule has 2 N–H and O–H groups in total. The van der Waals surface area contributed by atoms with E-state index in [4.69, 9.17) is 10.00 Å². The largest absolute Gasteiger partial charge is 0.489 e. The van der Waals surface area contributed by atoms with Gasteiger partial charge in [0.15, 0.2) is 0 Å². The summed E-state index contributed by atoms with van der Waals surface area (Å²) in [6.07, 6.45) is -0.176. The number of rotatable bonds is 5. The molecule has 0 atom stereocenters. The van der Waals surface area contributed by atoms with Gasteiger partial charge in [-0.1, -0.05) is 27.7 Å². The number of hydrogen-bond donors (Lipinski definition) is 2. The summed E-state index contributed by atoms with van der Waals surface area (Å²) < 4.78 is 6.92. The number of carbonyl (C=O) groups excluding carboxylic acids is 1. The lowest BCUT2D eigenvalue weighted by molar-refractivity contribution is -0.384. The maximum Gasteiger partial charge on any atom is 0.319 e. The summed E-state index contributed by atoms with van der Waals surface area (Å²) in [5.74, 6) is 0.644. The van der Waals surface area contributed by atoms with Crippen LogP contribution < -0.4 is 15.4 Å². The fourth-order valence-electron chi connectivity index (χ4n) is 4.56. The molecule has 162 valence electrons. The van der Waals surface area contributed by atoms with Crippen LogP contribution in [0.3, 0.4) is 0 Å². The van der Waals surface area contributed by atoms with Gasteiger partial charge in [-0.25, -0.2) is 4.79 Å². The third kappa shape index (κ3) is 4.35. The second-order valence-electron chi connectivity index (χ2n) is 8.73. The maximum absolute atomic E-state index is 12.6. The number of halogens is 1. The molecule has 0 spiro atoms. The fourth-order valence-corrected chi connectivity index (χ4v) is 5.01. The number of anilines is 1. The summed E-state index contributed by atoms with van der Waals surface area (Å²) in [4.78, 5) is 22.8. The first kappa shape index (κ1) is 22.6. The quantitative estimate of drug-likeness (QED) is 0.442. The Labute approximate surface area is 188 Å². The summed E-state index contributed by atoms with van der Waals surface area (Å²) in [6, 6.07) is 12.4. The van der Waals surface area contributed by atoms with Crippen molar-refractivity contribution in [2.24, 2.45) is 10.8 Å². The van der Waals surface area contributed by atoms with Crippen LogP contribution >= 0.6 is 15.9 Å². The van der Waals surface area contributed by atoms with Gasteiger partial charge in [-0.3, -0.25) is 10.1 Å². The van der Waals surface area contributed by atoms with E-state index in [1.54, 1.807) is 18.2 Å². The molecular formula is C22H23BrN4O4. The average Bonchev–Trinajstić information content (AvgIpc) is 2.70. The fraction of sp³-hybridized carbons (Fsp3) is 0.364. The van der Waals surface area contributed by atoms with Crippen LogP contribution in [0.15, 0.2) is 46.9 Å². The van der Waals surface area contributed by atoms with Crippen LogP contribution in [-0.4, -0.2) is 23.1 Å². The lowest BCUT2D eigenvalue weighted by Crippen LogP contribution is -2.75. The monoisotopic (exact) mass is 486 g/mol. The molecule has 0 bridgehead atoms. The Balaban J connectivity index is 1.67. The van der Waals surface area contributed by atoms with Crippen molar-refractivity contribution in [2.45, 2.75) is 39.8 Å². The highest BCUT2D eigenvalue weighted by Gasteiger charge is 2.64. The number of nitrogens with one attached hydrogen (secondary N) is 2. The summed E-state index contributed by atoms with van der Waals surface area (Å²) in [7, 11) is 0. The standard InChI is InChI=1S/C22H23BrN4O4/c1-21(2)18(26-20(28)25-14-6-8-15(9-7-14)27(29)30)22(3,4)19(21)31-16-10-5-13(12-24)17(23)11-16/h5-11,18-19H,1-4H3,(H2,25,26,28)/t18-,19-. The van der Waals surface area contributed by atoms with Crippen LogP contribution in [0, 0.1) is 32.3 Å². The average molecular weight is 487 g/mol. The third-order valence-electron chi connectivity index (χ3n) is 5.77. The first-order chi connectivity index (χ1) is 14.5. The number of amides is 2. The second-order valence-corrected chi connectivity index (χ2v) is 9.58. The van der Waals surface area contributed by atoms with Crippen LogP contribution in [-0.2, 0) is 0 Å². The molecule has 0 heterocycles. The van der Waals surface area contributed by atoms with Gasteiger partial charge in [0.2, 0.25) is 0 Å². The molecule has 1 aliphatic rings. The Morgan fingerprint density at radius 3 is 2.29 bits per heavy atom. The lowest BCUT2D eigenvalue weighted by Gasteiger charge is -2.63. The highest BCUT2D eigenvalue weighted by Crippen LogP contribution is 2.55. The minimum absolute atomic E-state index is 0.0401. The molecule has 2 aromatic rings. The number of benzene rings is 2. The minimum Gasteiger partial charge on any atom is -0.489 e. The smallest absolute Gasteiger partial charge is 0.319 e. The molecule has 0 aromatic heterocycles. The Hall–Kier alpha value is -3.12. The van der Waals surface area contributed by atoms with Crippen molar-refractivity contribution >= 4 is 33.3 Å². The summed E-state index contributed by atoms with van der Waals surface area (Å²) in [6.45, 7) is 8.10. The molecule has 1 aliphatic carbocycles. The summed E-state index contributed by atoms with van der Waals surface area (Å²) in [5, 5.41) is 25.6. The van der Waals surface area contributed by atoms with Gasteiger partial charge in [-0.05, 0) is 46.3 Å². The summed E-state index contributed by atoms with van der Waals surface area (Å²) >= 11 is 3.38. The van der Waals surface area contributed by atoms with Gasteiger partial charge < -0.3 is 15.4 Å². The number of urea groups is 1. The number of ether oxygens (including phenoxy) is 1. The molecule has 0 unspecified atom stereocenters. The zero-order chi connectivity index (χ0) is 23.0. The molecule has 0 radical (unpaired) electrons. The normalized spacial score (nSPS) is 20.6. The number of nitro benzene ring substituents is 1. The zero-order valence-corrected chi connectivity index (χ0v) is 19.2. The summed E-state index contributed by atoms with van der Waals surface area (Å²) in [5.41, 5.74) is 0.227. The number of nitrogens with zero attached hydrogens (tertiary/aromatic N) is 2. The Morgan fingerprint density at radius 2 is 1.77 bits per heavy atom. The Kier molecular flexibility index (Phi) is 5.96. The SMILES string of the molecule is CC1(C)[C@H](NC(=O)Nc2ccc([N+](=O)[O-])cc2)C(C)(C)[C@H]1Oc1ccc(C#N)c(Br)c1. The lowest BCUT2D eigenvalue weighted by atomic mass is 9.49. The molecule has 2 aromatic carbocycles. The molecular weight excluding hydrogens is 464 g/mol. The molecule has 8 nitrogen and oxygen atoms in total. The van der Waals surface area contributed by atoms with Crippen LogP contribution in [0.5, 0.6) is 5.75 Å². The predicted molar refractivity (Wildman–Crippen MR) is 120 cm³/mol. The van der Waals surface area contributed by atoms with Gasteiger partial charge in [-0.2, -0.15) is 5.26 Å². The Morgan fingerprint density at radius 1 is 1.16 bits per heavy atom. The van der Waals surface area contributed by atoms with E-state index >= 15 is 0 Å². The first-order valence-corrected chi connectivity index (χ1v) is 10.4. The molecule has 1 saturated carbocycles. The van der Waals surface area contributed by atoms with Crippen molar-refractivity contribution in [3.05, 3.63) is 62.6 Å². The van der Waals surface area contributed by atoms with Gasteiger partial charge in [0, 0.05) is 39.2 Å². The van der Waals surface area contributed by atoms with Crippen molar-refractivity contribution in [3.63, 3.8) is 0 Å². The van der Waals surface area contributed by atoms with Crippen LogP contribution in [0.1, 0.15) is 33.3 Å². The second kappa shape index (κ2) is 8.19. The van der Waals surface area contributed by atoms with E-state index in [2.05, 4.69) is 32.6 Å². The topological polar surface area (TPSA) is 117 Å². The number of carbonyl (C=O) groups is 1. The molecule has 9 heteroatoms. The molecule has 0 saturated heterocycles. The van der Waals surface area contributed by atoms with Gasteiger partial charge >= 0.3 is 6.03 Å². The van der Waals surface area contributed by atoms with Crippen LogP contribution in [0.4, 0.5) is 16.2 Å². The van der Waals surface area contributed by atoms with E-state index in [9.17, 15) is 14.9 Å². The first-order valence-electron chi connectivity index (χ1n) is 9.65. The van der Waals surface area contributed by atoms with Crippen molar-refractivity contribution in [1.29, 1.82) is 5.26 Å². The maximum atomic E-state index is 12.6. The van der Waals surface area contributed by atoms with Crippen molar-refractivity contribution < 1.29 is 14.5 Å². The van der Waals surface area contributed by atoms with Crippen molar-refractivity contribution in [3.8, 4) is 11.8 Å². The highest BCUT2D eigenvalue weighted by atomic mass is 79.9. The van der Waals surface area contributed by atoms with Gasteiger partial charge in [0.1, 0.15) is 17.9 Å². The highest BCUT2D eigenvalue weighted by molar-refractivity contribution is 9.10. The minimum atomic E-state index is -0.490.